The highest BCUT2D eigenvalue weighted by Crippen LogP contribution is 2.53. The van der Waals surface area contributed by atoms with Gasteiger partial charge in [-0.15, -0.1) is 0 Å². The average Bonchev–Trinajstić information content (AvgIpc) is 3.09. The maximum atomic E-state index is 11.5. The van der Waals surface area contributed by atoms with Crippen LogP contribution >= 0.6 is 0 Å². The second kappa shape index (κ2) is 4.19. The number of rotatable bonds is 4. The van der Waals surface area contributed by atoms with Gasteiger partial charge in [0.15, 0.2) is 11.5 Å². The third-order valence-electron chi connectivity index (χ3n) is 3.74. The van der Waals surface area contributed by atoms with E-state index in [1.54, 1.807) is 14.2 Å². The zero-order valence-electron chi connectivity index (χ0n) is 11.2. The Kier molecular flexibility index (Phi) is 2.97. The van der Waals surface area contributed by atoms with Crippen molar-refractivity contribution < 1.29 is 19.4 Å². The third-order valence-corrected chi connectivity index (χ3v) is 3.74. The van der Waals surface area contributed by atoms with Gasteiger partial charge in [-0.1, -0.05) is 0 Å². The van der Waals surface area contributed by atoms with Crippen molar-refractivity contribution in [3.8, 4) is 11.5 Å². The third kappa shape index (κ3) is 1.64. The van der Waals surface area contributed by atoms with Gasteiger partial charge >= 0.3 is 5.97 Å². The number of aliphatic carboxylic acids is 1. The standard InChI is InChI=1S/C14H18O4/c1-8-7-10(17-3)12(18-4)9(2)11(8)14(5-6-14)13(15)16/h7H,5-6H2,1-4H3,(H,15,16). The summed E-state index contributed by atoms with van der Waals surface area (Å²) < 4.78 is 10.6. The molecule has 4 heteroatoms. The Balaban J connectivity index is 2.66. The van der Waals surface area contributed by atoms with Crippen LogP contribution in [0.2, 0.25) is 0 Å². The molecule has 1 aromatic carbocycles. The first-order chi connectivity index (χ1) is 8.47. The summed E-state index contributed by atoms with van der Waals surface area (Å²) in [5, 5.41) is 9.42. The van der Waals surface area contributed by atoms with E-state index in [9.17, 15) is 9.90 Å². The fourth-order valence-electron chi connectivity index (χ4n) is 2.77. The van der Waals surface area contributed by atoms with Crippen LogP contribution in [0.15, 0.2) is 6.07 Å². The monoisotopic (exact) mass is 250 g/mol. The summed E-state index contributed by atoms with van der Waals surface area (Å²) in [5.41, 5.74) is 1.99. The zero-order valence-corrected chi connectivity index (χ0v) is 11.2. The van der Waals surface area contributed by atoms with E-state index in [4.69, 9.17) is 9.47 Å². The highest BCUT2D eigenvalue weighted by Gasteiger charge is 2.53. The molecule has 1 fully saturated rings. The number of hydrogen-bond donors (Lipinski definition) is 1. The summed E-state index contributed by atoms with van der Waals surface area (Å²) in [6.45, 7) is 3.82. The second-order valence-electron chi connectivity index (χ2n) is 4.82. The normalized spacial score (nSPS) is 16.2. The molecule has 1 aliphatic carbocycles. The smallest absolute Gasteiger partial charge is 0.314 e. The van der Waals surface area contributed by atoms with Crippen LogP contribution in [-0.2, 0) is 10.2 Å². The Morgan fingerprint density at radius 3 is 2.28 bits per heavy atom. The molecular formula is C14H18O4. The van der Waals surface area contributed by atoms with Crippen molar-refractivity contribution in [3.63, 3.8) is 0 Å². The number of aryl methyl sites for hydroxylation is 1. The Labute approximate surface area is 107 Å². The predicted octanol–water partition coefficient (Wildman–Crippen LogP) is 2.44. The molecule has 0 bridgehead atoms. The molecule has 0 radical (unpaired) electrons. The van der Waals surface area contributed by atoms with Gasteiger partial charge in [-0.25, -0.2) is 0 Å². The summed E-state index contributed by atoms with van der Waals surface area (Å²) in [6, 6.07) is 1.85. The first-order valence-corrected chi connectivity index (χ1v) is 5.94. The number of ether oxygens (including phenoxy) is 2. The summed E-state index contributed by atoms with van der Waals surface area (Å²) in [5.74, 6) is 0.531. The van der Waals surface area contributed by atoms with Gasteiger partial charge in [-0.3, -0.25) is 4.79 Å². The number of carbonyl (C=O) groups is 1. The highest BCUT2D eigenvalue weighted by atomic mass is 16.5. The molecule has 1 N–H and O–H groups in total. The van der Waals surface area contributed by atoms with Gasteiger partial charge in [0.1, 0.15) is 0 Å². The topological polar surface area (TPSA) is 55.8 Å². The molecule has 1 saturated carbocycles. The van der Waals surface area contributed by atoms with Crippen LogP contribution in [0.1, 0.15) is 29.5 Å². The molecule has 0 aliphatic heterocycles. The average molecular weight is 250 g/mol. The quantitative estimate of drug-likeness (QED) is 0.891. The van der Waals surface area contributed by atoms with Gasteiger partial charge in [0.2, 0.25) is 0 Å². The lowest BCUT2D eigenvalue weighted by molar-refractivity contribution is -0.140. The van der Waals surface area contributed by atoms with Crippen LogP contribution in [0.3, 0.4) is 0 Å². The molecular weight excluding hydrogens is 232 g/mol. The summed E-state index contributed by atoms with van der Waals surface area (Å²) >= 11 is 0. The molecule has 0 saturated heterocycles. The summed E-state index contributed by atoms with van der Waals surface area (Å²) in [7, 11) is 3.16. The van der Waals surface area contributed by atoms with Crippen LogP contribution in [0.4, 0.5) is 0 Å². The van der Waals surface area contributed by atoms with Crippen molar-refractivity contribution in [1.82, 2.24) is 0 Å². The minimum absolute atomic E-state index is 0.630. The first kappa shape index (κ1) is 12.7. The lowest BCUT2D eigenvalue weighted by atomic mass is 9.87. The Bertz CT molecular complexity index is 501. The van der Waals surface area contributed by atoms with Gasteiger partial charge in [-0.05, 0) is 49.4 Å². The van der Waals surface area contributed by atoms with Gasteiger partial charge in [-0.2, -0.15) is 0 Å². The van der Waals surface area contributed by atoms with Crippen molar-refractivity contribution in [1.29, 1.82) is 0 Å². The molecule has 4 nitrogen and oxygen atoms in total. The van der Waals surface area contributed by atoms with E-state index in [0.717, 1.165) is 16.7 Å². The first-order valence-electron chi connectivity index (χ1n) is 5.94. The van der Waals surface area contributed by atoms with E-state index in [2.05, 4.69) is 0 Å². The molecule has 1 aliphatic rings. The summed E-state index contributed by atoms with van der Waals surface area (Å²) in [4.78, 5) is 11.5. The molecule has 0 unspecified atom stereocenters. The van der Waals surface area contributed by atoms with Gasteiger partial charge in [0.25, 0.3) is 0 Å². The minimum Gasteiger partial charge on any atom is -0.493 e. The molecule has 98 valence electrons. The van der Waals surface area contributed by atoms with Crippen molar-refractivity contribution in [2.75, 3.05) is 14.2 Å². The number of carboxylic acid groups (broad SMARTS) is 1. The highest BCUT2D eigenvalue weighted by molar-refractivity contribution is 5.86. The largest absolute Gasteiger partial charge is 0.493 e. The molecule has 0 heterocycles. The van der Waals surface area contributed by atoms with E-state index >= 15 is 0 Å². The SMILES string of the molecule is COc1cc(C)c(C2(C(=O)O)CC2)c(C)c1OC. The second-order valence-corrected chi connectivity index (χ2v) is 4.82. The maximum absolute atomic E-state index is 11.5. The molecule has 0 amide bonds. The predicted molar refractivity (Wildman–Crippen MR) is 67.6 cm³/mol. The van der Waals surface area contributed by atoms with Crippen LogP contribution in [0.5, 0.6) is 11.5 Å². The molecule has 0 spiro atoms. The molecule has 18 heavy (non-hydrogen) atoms. The molecule has 0 aromatic heterocycles. The van der Waals surface area contributed by atoms with Crippen LogP contribution < -0.4 is 9.47 Å². The number of methoxy groups -OCH3 is 2. The lowest BCUT2D eigenvalue weighted by Gasteiger charge is -2.21. The molecule has 0 atom stereocenters. The van der Waals surface area contributed by atoms with Crippen LogP contribution in [-0.4, -0.2) is 25.3 Å². The molecule has 1 aromatic rings. The van der Waals surface area contributed by atoms with E-state index in [1.807, 2.05) is 19.9 Å². The van der Waals surface area contributed by atoms with E-state index in [1.165, 1.54) is 0 Å². The van der Waals surface area contributed by atoms with Crippen molar-refractivity contribution in [3.05, 3.63) is 22.8 Å². The van der Waals surface area contributed by atoms with Crippen LogP contribution in [0.25, 0.3) is 0 Å². The zero-order chi connectivity index (χ0) is 13.5. The maximum Gasteiger partial charge on any atom is 0.314 e. The van der Waals surface area contributed by atoms with Gasteiger partial charge in [0.05, 0.1) is 19.6 Å². The van der Waals surface area contributed by atoms with Crippen molar-refractivity contribution in [2.45, 2.75) is 32.1 Å². The fraction of sp³-hybridized carbons (Fsp3) is 0.500. The fourth-order valence-corrected chi connectivity index (χ4v) is 2.77. The van der Waals surface area contributed by atoms with Crippen LogP contribution in [0, 0.1) is 13.8 Å². The Morgan fingerprint density at radius 1 is 1.28 bits per heavy atom. The number of carboxylic acids is 1. The molecule has 2 rings (SSSR count). The minimum atomic E-state index is -0.749. The lowest BCUT2D eigenvalue weighted by Crippen LogP contribution is -2.22. The number of hydrogen-bond acceptors (Lipinski definition) is 3. The summed E-state index contributed by atoms with van der Waals surface area (Å²) in [6.07, 6.45) is 1.39. The van der Waals surface area contributed by atoms with Gasteiger partial charge < -0.3 is 14.6 Å². The van der Waals surface area contributed by atoms with E-state index in [0.29, 0.717) is 24.3 Å². The number of benzene rings is 1. The van der Waals surface area contributed by atoms with Gasteiger partial charge in [0, 0.05) is 0 Å². The van der Waals surface area contributed by atoms with Crippen molar-refractivity contribution >= 4 is 5.97 Å². The van der Waals surface area contributed by atoms with Crippen molar-refractivity contribution in [2.24, 2.45) is 0 Å². The Hall–Kier alpha value is -1.71. The Morgan fingerprint density at radius 2 is 1.89 bits per heavy atom. The van der Waals surface area contributed by atoms with E-state index < -0.39 is 11.4 Å². The van der Waals surface area contributed by atoms with E-state index in [-0.39, 0.29) is 0 Å².